The van der Waals surface area contributed by atoms with Crippen LogP contribution in [0.25, 0.3) is 0 Å². The van der Waals surface area contributed by atoms with Crippen molar-refractivity contribution in [1.29, 1.82) is 0 Å². The molecule has 5 nitrogen and oxygen atoms in total. The predicted molar refractivity (Wildman–Crippen MR) is 70.3 cm³/mol. The molecule has 2 N–H and O–H groups in total. The number of hydrogen-bond donors (Lipinski definition) is 1. The van der Waals surface area contributed by atoms with Crippen molar-refractivity contribution in [2.75, 3.05) is 30.8 Å². The zero-order valence-corrected chi connectivity index (χ0v) is 11.1. The van der Waals surface area contributed by atoms with E-state index < -0.39 is 0 Å². The molecule has 0 atom stereocenters. The van der Waals surface area contributed by atoms with Crippen molar-refractivity contribution in [2.45, 2.75) is 27.2 Å². The molecule has 0 amide bonds. The van der Waals surface area contributed by atoms with Gasteiger partial charge in [0, 0.05) is 13.6 Å². The molecule has 1 aromatic rings. The second-order valence-electron chi connectivity index (χ2n) is 4.45. The van der Waals surface area contributed by atoms with Gasteiger partial charge in [0.1, 0.15) is 12.0 Å². The highest BCUT2D eigenvalue weighted by atomic mass is 16.5. The molecule has 0 radical (unpaired) electrons. The maximum absolute atomic E-state index is 5.99. The normalized spacial score (nSPS) is 10.6. The summed E-state index contributed by atoms with van der Waals surface area (Å²) in [5, 5.41) is 0. The van der Waals surface area contributed by atoms with Gasteiger partial charge in [0.2, 0.25) is 5.88 Å². The fourth-order valence-corrected chi connectivity index (χ4v) is 1.48. The van der Waals surface area contributed by atoms with Gasteiger partial charge in [0.05, 0.1) is 6.61 Å². The van der Waals surface area contributed by atoms with Gasteiger partial charge in [-0.05, 0) is 19.3 Å². The fraction of sp³-hybridized carbons (Fsp3) is 0.667. The van der Waals surface area contributed by atoms with Crippen LogP contribution in [0.3, 0.4) is 0 Å². The third-order valence-electron chi connectivity index (χ3n) is 2.51. The van der Waals surface area contributed by atoms with Crippen LogP contribution in [0.4, 0.5) is 11.5 Å². The Labute approximate surface area is 103 Å². The molecule has 0 saturated carbocycles. The van der Waals surface area contributed by atoms with Crippen LogP contribution in [-0.4, -0.2) is 30.2 Å². The minimum atomic E-state index is 0.467. The monoisotopic (exact) mass is 238 g/mol. The summed E-state index contributed by atoms with van der Waals surface area (Å²) in [6.45, 7) is 7.77. The lowest BCUT2D eigenvalue weighted by Crippen LogP contribution is -2.22. The third-order valence-corrected chi connectivity index (χ3v) is 2.51. The highest BCUT2D eigenvalue weighted by Gasteiger charge is 2.12. The summed E-state index contributed by atoms with van der Waals surface area (Å²) in [6, 6.07) is 0. The summed E-state index contributed by atoms with van der Waals surface area (Å²) in [4.78, 5) is 10.3. The summed E-state index contributed by atoms with van der Waals surface area (Å²) < 4.78 is 5.35. The number of rotatable bonds is 6. The van der Waals surface area contributed by atoms with E-state index in [0.29, 0.717) is 24.1 Å². The minimum absolute atomic E-state index is 0.467. The number of nitrogens with zero attached hydrogens (tertiary/aromatic N) is 3. The van der Waals surface area contributed by atoms with Crippen molar-refractivity contribution in [3.8, 4) is 5.88 Å². The molecule has 0 unspecified atom stereocenters. The van der Waals surface area contributed by atoms with Crippen LogP contribution in [-0.2, 0) is 0 Å². The second kappa shape index (κ2) is 6.27. The number of anilines is 2. The Kier molecular flexibility index (Phi) is 5.00. The summed E-state index contributed by atoms with van der Waals surface area (Å²) in [5.41, 5.74) is 6.50. The molecule has 17 heavy (non-hydrogen) atoms. The van der Waals surface area contributed by atoms with E-state index in [1.54, 1.807) is 0 Å². The predicted octanol–water partition coefficient (Wildman–Crippen LogP) is 1.94. The van der Waals surface area contributed by atoms with Crippen LogP contribution < -0.4 is 15.4 Å². The van der Waals surface area contributed by atoms with Crippen LogP contribution in [0, 0.1) is 5.92 Å². The van der Waals surface area contributed by atoms with Gasteiger partial charge >= 0.3 is 0 Å². The maximum atomic E-state index is 5.99. The van der Waals surface area contributed by atoms with Gasteiger partial charge < -0.3 is 15.4 Å². The van der Waals surface area contributed by atoms with Crippen molar-refractivity contribution >= 4 is 11.5 Å². The Balaban J connectivity index is 2.78. The molecule has 0 aliphatic carbocycles. The SMILES string of the molecule is CCOc1ncnc(N(C)CCC(C)C)c1N. The largest absolute Gasteiger partial charge is 0.476 e. The summed E-state index contributed by atoms with van der Waals surface area (Å²) in [5.74, 6) is 1.87. The highest BCUT2D eigenvalue weighted by molar-refractivity contribution is 5.67. The molecule has 1 rings (SSSR count). The molecule has 1 aromatic heterocycles. The number of ether oxygens (including phenoxy) is 1. The average molecular weight is 238 g/mol. The fourth-order valence-electron chi connectivity index (χ4n) is 1.48. The lowest BCUT2D eigenvalue weighted by atomic mass is 10.1. The van der Waals surface area contributed by atoms with Crippen LogP contribution in [0.15, 0.2) is 6.33 Å². The first kappa shape index (κ1) is 13.5. The molecule has 0 bridgehead atoms. The first-order valence-corrected chi connectivity index (χ1v) is 6.00. The molecule has 96 valence electrons. The van der Waals surface area contributed by atoms with Crippen molar-refractivity contribution in [3.05, 3.63) is 6.33 Å². The molecule has 0 aromatic carbocycles. The second-order valence-corrected chi connectivity index (χ2v) is 4.45. The lowest BCUT2D eigenvalue weighted by Gasteiger charge is -2.21. The smallest absolute Gasteiger partial charge is 0.242 e. The van der Waals surface area contributed by atoms with Crippen LogP contribution in [0.2, 0.25) is 0 Å². The van der Waals surface area contributed by atoms with Gasteiger partial charge in [-0.25, -0.2) is 4.98 Å². The zero-order chi connectivity index (χ0) is 12.8. The van der Waals surface area contributed by atoms with Gasteiger partial charge in [0.25, 0.3) is 0 Å². The number of hydrogen-bond acceptors (Lipinski definition) is 5. The third kappa shape index (κ3) is 3.76. The molecular weight excluding hydrogens is 216 g/mol. The molecule has 0 aliphatic rings. The van der Waals surface area contributed by atoms with Gasteiger partial charge in [-0.3, -0.25) is 0 Å². The number of nitrogen functional groups attached to an aromatic ring is 1. The Bertz CT molecular complexity index is 354. The summed E-state index contributed by atoms with van der Waals surface area (Å²) in [7, 11) is 1.98. The van der Waals surface area contributed by atoms with Crippen molar-refractivity contribution in [3.63, 3.8) is 0 Å². The molecule has 0 spiro atoms. The van der Waals surface area contributed by atoms with Crippen molar-refractivity contribution in [2.24, 2.45) is 5.92 Å². The Morgan fingerprint density at radius 3 is 2.71 bits per heavy atom. The van der Waals surface area contributed by atoms with E-state index in [1.807, 2.05) is 18.9 Å². The van der Waals surface area contributed by atoms with Gasteiger partial charge in [-0.2, -0.15) is 4.98 Å². The molecule has 1 heterocycles. The maximum Gasteiger partial charge on any atom is 0.242 e. The molecule has 0 fully saturated rings. The van der Waals surface area contributed by atoms with Crippen molar-refractivity contribution in [1.82, 2.24) is 9.97 Å². The minimum Gasteiger partial charge on any atom is -0.476 e. The van der Waals surface area contributed by atoms with E-state index in [1.165, 1.54) is 6.33 Å². The highest BCUT2D eigenvalue weighted by Crippen LogP contribution is 2.27. The van der Waals surface area contributed by atoms with E-state index in [-0.39, 0.29) is 0 Å². The Morgan fingerprint density at radius 2 is 2.12 bits per heavy atom. The molecule has 0 saturated heterocycles. The Hall–Kier alpha value is -1.52. The van der Waals surface area contributed by atoms with Gasteiger partial charge in [-0.15, -0.1) is 0 Å². The first-order valence-electron chi connectivity index (χ1n) is 6.00. The number of aromatic nitrogens is 2. The standard InChI is InChI=1S/C12H22N4O/c1-5-17-12-10(13)11(14-8-15-12)16(4)7-6-9(2)3/h8-9H,5-7,13H2,1-4H3. The average Bonchev–Trinajstić information content (AvgIpc) is 2.29. The van der Waals surface area contributed by atoms with E-state index in [2.05, 4.69) is 23.8 Å². The van der Waals surface area contributed by atoms with E-state index in [4.69, 9.17) is 10.5 Å². The topological polar surface area (TPSA) is 64.3 Å². The van der Waals surface area contributed by atoms with Gasteiger partial charge in [0.15, 0.2) is 5.82 Å². The molecule has 0 aliphatic heterocycles. The van der Waals surface area contributed by atoms with Crippen LogP contribution >= 0.6 is 0 Å². The zero-order valence-electron chi connectivity index (χ0n) is 11.1. The van der Waals surface area contributed by atoms with Crippen molar-refractivity contribution < 1.29 is 4.74 Å². The Morgan fingerprint density at radius 1 is 1.41 bits per heavy atom. The van der Waals surface area contributed by atoms with Crippen LogP contribution in [0.1, 0.15) is 27.2 Å². The quantitative estimate of drug-likeness (QED) is 0.820. The number of nitrogens with two attached hydrogens (primary N) is 1. The van der Waals surface area contributed by atoms with E-state index in [9.17, 15) is 0 Å². The lowest BCUT2D eigenvalue weighted by molar-refractivity contribution is 0.328. The van der Waals surface area contributed by atoms with Crippen LogP contribution in [0.5, 0.6) is 5.88 Å². The summed E-state index contributed by atoms with van der Waals surface area (Å²) >= 11 is 0. The van der Waals surface area contributed by atoms with E-state index >= 15 is 0 Å². The molecular formula is C12H22N4O. The molecule has 5 heteroatoms. The summed E-state index contributed by atoms with van der Waals surface area (Å²) in [6.07, 6.45) is 2.59. The first-order chi connectivity index (χ1) is 8.06. The van der Waals surface area contributed by atoms with E-state index in [0.717, 1.165) is 18.8 Å². The van der Waals surface area contributed by atoms with Gasteiger partial charge in [-0.1, -0.05) is 13.8 Å².